The maximum Gasteiger partial charge on any atom is 0.241 e. The number of halogens is 1. The molecule has 98 valence electrons. The van der Waals surface area contributed by atoms with Gasteiger partial charge in [0.1, 0.15) is 22.8 Å². The Bertz CT molecular complexity index is 473. The Labute approximate surface area is 111 Å². The summed E-state index contributed by atoms with van der Waals surface area (Å²) >= 11 is 6.10. The minimum Gasteiger partial charge on any atom is -0.358 e. The third-order valence-electron chi connectivity index (χ3n) is 3.04. The highest BCUT2D eigenvalue weighted by Crippen LogP contribution is 2.39. The molecular weight excluding hydrogens is 252 g/mol. The zero-order valence-corrected chi connectivity index (χ0v) is 11.5. The van der Waals surface area contributed by atoms with E-state index in [1.165, 1.54) is 0 Å². The van der Waals surface area contributed by atoms with Gasteiger partial charge in [-0.2, -0.15) is 0 Å². The number of nitrogens with zero attached hydrogens (tertiary/aromatic N) is 2. The lowest BCUT2D eigenvalue weighted by atomic mass is 10.2. The van der Waals surface area contributed by atoms with Crippen molar-refractivity contribution in [1.29, 1.82) is 0 Å². The van der Waals surface area contributed by atoms with Crippen LogP contribution in [0.4, 0.5) is 5.82 Å². The Balaban J connectivity index is 2.23. The van der Waals surface area contributed by atoms with Gasteiger partial charge in [0.2, 0.25) is 5.91 Å². The fourth-order valence-electron chi connectivity index (χ4n) is 1.66. The van der Waals surface area contributed by atoms with Crippen LogP contribution < -0.4 is 10.6 Å². The molecule has 0 saturated heterocycles. The summed E-state index contributed by atoms with van der Waals surface area (Å²) < 4.78 is 0. The monoisotopic (exact) mass is 268 g/mol. The predicted octanol–water partition coefficient (Wildman–Crippen LogP) is 1.86. The predicted molar refractivity (Wildman–Crippen MR) is 70.9 cm³/mol. The van der Waals surface area contributed by atoms with Gasteiger partial charge in [-0.3, -0.25) is 4.79 Å². The van der Waals surface area contributed by atoms with E-state index in [0.29, 0.717) is 16.9 Å². The lowest BCUT2D eigenvalue weighted by molar-refractivity contribution is -0.121. The second-order valence-corrected chi connectivity index (χ2v) is 4.96. The largest absolute Gasteiger partial charge is 0.358 e. The number of hydrogen-bond acceptors (Lipinski definition) is 4. The van der Waals surface area contributed by atoms with E-state index >= 15 is 0 Å². The number of rotatable bonds is 4. The summed E-state index contributed by atoms with van der Waals surface area (Å²) in [6, 6.07) is -0.355. The van der Waals surface area contributed by atoms with Gasteiger partial charge in [-0.05, 0) is 26.7 Å². The summed E-state index contributed by atoms with van der Waals surface area (Å²) in [5, 5.41) is 6.13. The van der Waals surface area contributed by atoms with Crippen LogP contribution in [-0.2, 0) is 4.79 Å². The van der Waals surface area contributed by atoms with Crippen LogP contribution in [0.5, 0.6) is 0 Å². The number of amides is 1. The molecule has 0 spiro atoms. The minimum atomic E-state index is -0.355. The summed E-state index contributed by atoms with van der Waals surface area (Å²) in [6.45, 7) is 3.63. The summed E-state index contributed by atoms with van der Waals surface area (Å²) in [7, 11) is 1.61. The number of aromatic nitrogens is 2. The highest BCUT2D eigenvalue weighted by atomic mass is 35.5. The highest BCUT2D eigenvalue weighted by molar-refractivity contribution is 6.30. The van der Waals surface area contributed by atoms with E-state index in [4.69, 9.17) is 11.6 Å². The van der Waals surface area contributed by atoms with Gasteiger partial charge in [-0.1, -0.05) is 11.6 Å². The molecule has 0 bridgehead atoms. The van der Waals surface area contributed by atoms with Gasteiger partial charge in [0.05, 0.1) is 0 Å². The first-order valence-corrected chi connectivity index (χ1v) is 6.43. The number of anilines is 1. The van der Waals surface area contributed by atoms with Crippen molar-refractivity contribution in [2.45, 2.75) is 38.6 Å². The first kappa shape index (κ1) is 13.1. The fraction of sp³-hybridized carbons (Fsp3) is 0.583. The molecule has 1 aliphatic carbocycles. The topological polar surface area (TPSA) is 66.9 Å². The van der Waals surface area contributed by atoms with Gasteiger partial charge in [0.15, 0.2) is 0 Å². The molecule has 2 N–H and O–H groups in total. The number of carbonyl (C=O) groups excluding carboxylic acids is 1. The Morgan fingerprint density at radius 3 is 2.67 bits per heavy atom. The van der Waals surface area contributed by atoms with Crippen molar-refractivity contribution in [2.75, 3.05) is 12.4 Å². The lowest BCUT2D eigenvalue weighted by Gasteiger charge is -2.16. The normalized spacial score (nSPS) is 16.2. The molecule has 6 heteroatoms. The van der Waals surface area contributed by atoms with E-state index in [1.807, 2.05) is 6.92 Å². The molecular formula is C12H17ClN4O. The van der Waals surface area contributed by atoms with Gasteiger partial charge in [0.25, 0.3) is 0 Å². The average Bonchev–Trinajstić information content (AvgIpc) is 3.17. The molecule has 1 unspecified atom stereocenters. The zero-order valence-electron chi connectivity index (χ0n) is 10.7. The molecule has 0 aromatic carbocycles. The molecule has 1 saturated carbocycles. The Hall–Kier alpha value is -1.36. The Morgan fingerprint density at radius 1 is 1.44 bits per heavy atom. The van der Waals surface area contributed by atoms with Gasteiger partial charge >= 0.3 is 0 Å². The third-order valence-corrected chi connectivity index (χ3v) is 3.41. The number of hydrogen-bond donors (Lipinski definition) is 2. The smallest absolute Gasteiger partial charge is 0.241 e. The summed E-state index contributed by atoms with van der Waals surface area (Å²) in [4.78, 5) is 20.2. The molecule has 1 aromatic rings. The van der Waals surface area contributed by atoms with Crippen LogP contribution in [0.1, 0.15) is 37.1 Å². The molecule has 1 atom stereocenters. The van der Waals surface area contributed by atoms with Crippen LogP contribution in [0.3, 0.4) is 0 Å². The van der Waals surface area contributed by atoms with Crippen molar-refractivity contribution >= 4 is 23.3 Å². The molecule has 5 nitrogen and oxygen atoms in total. The molecule has 1 aromatic heterocycles. The number of carbonyl (C=O) groups is 1. The van der Waals surface area contributed by atoms with Crippen LogP contribution in [0.25, 0.3) is 0 Å². The van der Waals surface area contributed by atoms with Crippen molar-refractivity contribution in [3.8, 4) is 0 Å². The first-order valence-electron chi connectivity index (χ1n) is 6.05. The third kappa shape index (κ3) is 2.72. The molecule has 1 heterocycles. The van der Waals surface area contributed by atoms with Crippen molar-refractivity contribution in [3.05, 3.63) is 16.5 Å². The van der Waals surface area contributed by atoms with Crippen molar-refractivity contribution in [1.82, 2.24) is 15.3 Å². The fourth-order valence-corrected chi connectivity index (χ4v) is 1.83. The molecule has 0 radical (unpaired) electrons. The second kappa shape index (κ2) is 5.10. The van der Waals surface area contributed by atoms with Crippen LogP contribution in [0.15, 0.2) is 0 Å². The van der Waals surface area contributed by atoms with Gasteiger partial charge in [0, 0.05) is 18.5 Å². The first-order chi connectivity index (χ1) is 8.52. The second-order valence-electron chi connectivity index (χ2n) is 4.60. The van der Waals surface area contributed by atoms with Crippen molar-refractivity contribution in [2.24, 2.45) is 0 Å². The molecule has 1 amide bonds. The van der Waals surface area contributed by atoms with E-state index in [-0.39, 0.29) is 11.9 Å². The van der Waals surface area contributed by atoms with Crippen LogP contribution in [0, 0.1) is 6.92 Å². The maximum atomic E-state index is 11.5. The van der Waals surface area contributed by atoms with E-state index in [9.17, 15) is 4.79 Å². The van der Waals surface area contributed by atoms with Crippen LogP contribution in [0.2, 0.25) is 5.15 Å². The van der Waals surface area contributed by atoms with Gasteiger partial charge in [-0.25, -0.2) is 9.97 Å². The zero-order chi connectivity index (χ0) is 13.3. The van der Waals surface area contributed by atoms with E-state index < -0.39 is 0 Å². The van der Waals surface area contributed by atoms with Crippen LogP contribution in [-0.4, -0.2) is 29.0 Å². The average molecular weight is 269 g/mol. The van der Waals surface area contributed by atoms with E-state index in [2.05, 4.69) is 20.6 Å². The lowest BCUT2D eigenvalue weighted by Crippen LogP contribution is -2.35. The molecule has 0 aliphatic heterocycles. The van der Waals surface area contributed by atoms with Crippen molar-refractivity contribution in [3.63, 3.8) is 0 Å². The molecule has 1 fully saturated rings. The summed E-state index contributed by atoms with van der Waals surface area (Å²) in [5.41, 5.74) is 0.775. The minimum absolute atomic E-state index is 0.0860. The molecule has 18 heavy (non-hydrogen) atoms. The number of nitrogens with one attached hydrogen (secondary N) is 2. The highest BCUT2D eigenvalue weighted by Gasteiger charge is 2.28. The van der Waals surface area contributed by atoms with Crippen LogP contribution >= 0.6 is 11.6 Å². The molecule has 1 aliphatic rings. The quantitative estimate of drug-likeness (QED) is 0.818. The van der Waals surface area contributed by atoms with Gasteiger partial charge in [-0.15, -0.1) is 0 Å². The van der Waals surface area contributed by atoms with E-state index in [0.717, 1.165) is 24.2 Å². The Kier molecular flexibility index (Phi) is 3.71. The SMILES string of the molecule is CNC(=O)C(C)Nc1nc(C2CC2)nc(Cl)c1C. The van der Waals surface area contributed by atoms with Crippen molar-refractivity contribution < 1.29 is 4.79 Å². The Morgan fingerprint density at radius 2 is 2.11 bits per heavy atom. The number of likely N-dealkylation sites (N-methyl/N-ethyl adjacent to an activating group) is 1. The van der Waals surface area contributed by atoms with Gasteiger partial charge < -0.3 is 10.6 Å². The standard InChI is InChI=1S/C12H17ClN4O/c1-6-9(13)16-11(8-4-5-8)17-10(6)15-7(2)12(18)14-3/h7-8H,4-5H2,1-3H3,(H,14,18)(H,15,16,17). The summed E-state index contributed by atoms with van der Waals surface area (Å²) in [6.07, 6.45) is 2.23. The van der Waals surface area contributed by atoms with E-state index in [1.54, 1.807) is 14.0 Å². The summed E-state index contributed by atoms with van der Waals surface area (Å²) in [5.74, 6) is 1.77. The molecule has 2 rings (SSSR count). The maximum absolute atomic E-state index is 11.5.